The van der Waals surface area contributed by atoms with Gasteiger partial charge in [-0.2, -0.15) is 0 Å². The highest BCUT2D eigenvalue weighted by Crippen LogP contribution is 2.18. The zero-order valence-corrected chi connectivity index (χ0v) is 11.2. The molecule has 2 atom stereocenters. The van der Waals surface area contributed by atoms with Gasteiger partial charge in [-0.25, -0.2) is 0 Å². The first-order valence-corrected chi connectivity index (χ1v) is 6.41. The van der Waals surface area contributed by atoms with E-state index in [1.54, 1.807) is 19.2 Å². The molecule has 0 aliphatic carbocycles. The van der Waals surface area contributed by atoms with Gasteiger partial charge < -0.3 is 20.9 Å². The van der Waals surface area contributed by atoms with E-state index in [9.17, 15) is 5.11 Å². The van der Waals surface area contributed by atoms with Crippen LogP contribution in [-0.4, -0.2) is 31.4 Å². The number of phenols is 1. The number of phenolic OH excluding ortho intramolecular Hbond substituents is 1. The summed E-state index contributed by atoms with van der Waals surface area (Å²) in [6.45, 7) is 3.45. The zero-order valence-electron chi connectivity index (χ0n) is 11.2. The molecule has 0 aliphatic heterocycles. The van der Waals surface area contributed by atoms with Crippen LogP contribution in [0.25, 0.3) is 0 Å². The van der Waals surface area contributed by atoms with Crippen molar-refractivity contribution in [1.82, 2.24) is 5.32 Å². The van der Waals surface area contributed by atoms with Crippen molar-refractivity contribution >= 4 is 0 Å². The minimum atomic E-state index is 0.176. The van der Waals surface area contributed by atoms with Crippen LogP contribution in [0.5, 0.6) is 5.75 Å². The van der Waals surface area contributed by atoms with Gasteiger partial charge in [-0.05, 0) is 44.0 Å². The summed E-state index contributed by atoms with van der Waals surface area (Å²) in [5.41, 5.74) is 6.61. The van der Waals surface area contributed by atoms with E-state index in [2.05, 4.69) is 12.2 Å². The molecule has 4 heteroatoms. The van der Waals surface area contributed by atoms with E-state index in [1.807, 2.05) is 12.1 Å². The molecule has 1 rings (SSSR count). The second-order valence-electron chi connectivity index (χ2n) is 4.57. The van der Waals surface area contributed by atoms with Gasteiger partial charge in [0.2, 0.25) is 0 Å². The minimum absolute atomic E-state index is 0.176. The summed E-state index contributed by atoms with van der Waals surface area (Å²) in [5.74, 6) is 0.298. The lowest BCUT2D eigenvalue weighted by Gasteiger charge is -2.23. The van der Waals surface area contributed by atoms with E-state index < -0.39 is 0 Å². The Labute approximate surface area is 109 Å². The van der Waals surface area contributed by atoms with Gasteiger partial charge in [0.1, 0.15) is 5.75 Å². The molecule has 0 aliphatic rings. The van der Waals surface area contributed by atoms with Crippen molar-refractivity contribution in [2.45, 2.75) is 31.8 Å². The number of benzene rings is 1. The molecule has 4 nitrogen and oxygen atoms in total. The summed E-state index contributed by atoms with van der Waals surface area (Å²) >= 11 is 0. The van der Waals surface area contributed by atoms with Crippen molar-refractivity contribution in [3.05, 3.63) is 29.8 Å². The summed E-state index contributed by atoms with van der Waals surface area (Å²) < 4.78 is 5.21. The van der Waals surface area contributed by atoms with Crippen molar-refractivity contribution in [3.63, 3.8) is 0 Å². The summed E-state index contributed by atoms with van der Waals surface area (Å²) in [6.07, 6.45) is 1.97. The third-order valence-corrected chi connectivity index (χ3v) is 2.98. The molecule has 0 radical (unpaired) electrons. The van der Waals surface area contributed by atoms with Crippen LogP contribution in [0.1, 0.15) is 31.4 Å². The Morgan fingerprint density at radius 3 is 2.83 bits per heavy atom. The molecule has 0 amide bonds. The van der Waals surface area contributed by atoms with Gasteiger partial charge in [0.15, 0.2) is 0 Å². The number of nitrogens with one attached hydrogen (secondary N) is 1. The number of nitrogens with two attached hydrogens (primary N) is 1. The van der Waals surface area contributed by atoms with Crippen LogP contribution >= 0.6 is 0 Å². The molecule has 0 saturated carbocycles. The van der Waals surface area contributed by atoms with E-state index in [-0.39, 0.29) is 12.1 Å². The lowest BCUT2D eigenvalue weighted by atomic mass is 10.1. The maximum atomic E-state index is 9.47. The first-order chi connectivity index (χ1) is 8.67. The standard InChI is InChI=1S/C14H24N2O2/c1-11(12-5-3-7-14(17)9-12)16-13(10-18-2)6-4-8-15/h3,5,7,9,11,13,16-17H,4,6,8,10,15H2,1-2H3. The maximum Gasteiger partial charge on any atom is 0.115 e. The monoisotopic (exact) mass is 252 g/mol. The summed E-state index contributed by atoms with van der Waals surface area (Å²) in [6, 6.07) is 7.78. The average molecular weight is 252 g/mol. The number of hydrogen-bond acceptors (Lipinski definition) is 4. The van der Waals surface area contributed by atoms with Crippen LogP contribution < -0.4 is 11.1 Å². The smallest absolute Gasteiger partial charge is 0.115 e. The quantitative estimate of drug-likeness (QED) is 0.660. The van der Waals surface area contributed by atoms with Gasteiger partial charge in [0, 0.05) is 19.2 Å². The molecular formula is C14H24N2O2. The fourth-order valence-corrected chi connectivity index (χ4v) is 2.02. The molecule has 102 valence electrons. The van der Waals surface area contributed by atoms with Crippen LogP contribution in [0.2, 0.25) is 0 Å². The predicted molar refractivity (Wildman–Crippen MR) is 73.6 cm³/mol. The first-order valence-electron chi connectivity index (χ1n) is 6.41. The van der Waals surface area contributed by atoms with Gasteiger partial charge in [-0.15, -0.1) is 0 Å². The van der Waals surface area contributed by atoms with E-state index >= 15 is 0 Å². The van der Waals surface area contributed by atoms with Crippen LogP contribution in [0.4, 0.5) is 0 Å². The van der Waals surface area contributed by atoms with Crippen molar-refractivity contribution in [1.29, 1.82) is 0 Å². The van der Waals surface area contributed by atoms with E-state index in [0.717, 1.165) is 18.4 Å². The molecule has 1 aromatic rings. The number of aromatic hydroxyl groups is 1. The van der Waals surface area contributed by atoms with E-state index in [4.69, 9.17) is 10.5 Å². The van der Waals surface area contributed by atoms with Crippen LogP contribution in [0.15, 0.2) is 24.3 Å². The normalized spacial score (nSPS) is 14.4. The Hall–Kier alpha value is -1.10. The Morgan fingerprint density at radius 2 is 2.22 bits per heavy atom. The zero-order chi connectivity index (χ0) is 13.4. The van der Waals surface area contributed by atoms with Crippen molar-refractivity contribution in [2.75, 3.05) is 20.3 Å². The molecule has 0 saturated heterocycles. The maximum absolute atomic E-state index is 9.47. The molecule has 1 aromatic carbocycles. The highest BCUT2D eigenvalue weighted by atomic mass is 16.5. The number of ether oxygens (including phenoxy) is 1. The van der Waals surface area contributed by atoms with Crippen molar-refractivity contribution < 1.29 is 9.84 Å². The SMILES string of the molecule is COCC(CCCN)NC(C)c1cccc(O)c1. The molecule has 18 heavy (non-hydrogen) atoms. The van der Waals surface area contributed by atoms with E-state index in [1.165, 1.54) is 0 Å². The Kier molecular flexibility index (Phi) is 6.72. The summed E-state index contributed by atoms with van der Waals surface area (Å²) in [4.78, 5) is 0. The van der Waals surface area contributed by atoms with Crippen LogP contribution in [0.3, 0.4) is 0 Å². The molecule has 4 N–H and O–H groups in total. The number of hydrogen-bond donors (Lipinski definition) is 3. The lowest BCUT2D eigenvalue weighted by molar-refractivity contribution is 0.156. The molecule has 0 spiro atoms. The lowest BCUT2D eigenvalue weighted by Crippen LogP contribution is -2.35. The summed E-state index contributed by atoms with van der Waals surface area (Å²) in [7, 11) is 1.70. The van der Waals surface area contributed by atoms with Gasteiger partial charge in [0.05, 0.1) is 6.61 Å². The Morgan fingerprint density at radius 1 is 1.44 bits per heavy atom. The van der Waals surface area contributed by atoms with Gasteiger partial charge >= 0.3 is 0 Å². The fraction of sp³-hybridized carbons (Fsp3) is 0.571. The van der Waals surface area contributed by atoms with Gasteiger partial charge in [0.25, 0.3) is 0 Å². The van der Waals surface area contributed by atoms with Gasteiger partial charge in [-0.3, -0.25) is 0 Å². The largest absolute Gasteiger partial charge is 0.508 e. The third-order valence-electron chi connectivity index (χ3n) is 2.98. The van der Waals surface area contributed by atoms with E-state index in [0.29, 0.717) is 18.9 Å². The highest BCUT2D eigenvalue weighted by molar-refractivity contribution is 5.29. The molecule has 0 heterocycles. The van der Waals surface area contributed by atoms with Crippen LogP contribution in [-0.2, 0) is 4.74 Å². The molecule has 2 unspecified atom stereocenters. The summed E-state index contributed by atoms with van der Waals surface area (Å²) in [5, 5.41) is 13.0. The topological polar surface area (TPSA) is 67.5 Å². The highest BCUT2D eigenvalue weighted by Gasteiger charge is 2.13. The second-order valence-corrected chi connectivity index (χ2v) is 4.57. The molecular weight excluding hydrogens is 228 g/mol. The fourth-order valence-electron chi connectivity index (χ4n) is 2.02. The predicted octanol–water partition coefficient (Wildman–Crippen LogP) is 1.80. The third kappa shape index (κ3) is 5.04. The molecule has 0 bridgehead atoms. The molecule has 0 fully saturated rings. The first kappa shape index (κ1) is 15.0. The molecule has 0 aromatic heterocycles. The van der Waals surface area contributed by atoms with Crippen LogP contribution in [0, 0.1) is 0 Å². The second kappa shape index (κ2) is 8.08. The minimum Gasteiger partial charge on any atom is -0.508 e. The van der Waals surface area contributed by atoms with Gasteiger partial charge in [-0.1, -0.05) is 12.1 Å². The number of rotatable bonds is 8. The Bertz CT molecular complexity index is 344. The Balaban J connectivity index is 2.56. The van der Waals surface area contributed by atoms with Crippen molar-refractivity contribution in [3.8, 4) is 5.75 Å². The average Bonchev–Trinajstić information content (AvgIpc) is 2.36. The van der Waals surface area contributed by atoms with Crippen molar-refractivity contribution in [2.24, 2.45) is 5.73 Å². The number of methoxy groups -OCH3 is 1.